The molecule has 0 spiro atoms. The number of piperidine rings is 1. The van der Waals surface area contributed by atoms with E-state index in [2.05, 4.69) is 9.80 Å². The minimum atomic E-state index is -0.114. The molecule has 3 heteroatoms. The van der Waals surface area contributed by atoms with Crippen LogP contribution >= 0.6 is 0 Å². The molecule has 20 heavy (non-hydrogen) atoms. The summed E-state index contributed by atoms with van der Waals surface area (Å²) < 4.78 is 13.2. The fraction of sp³-hybridized carbons (Fsp3) is 0.647. The third kappa shape index (κ3) is 3.58. The second-order valence-electron chi connectivity index (χ2n) is 6.22. The van der Waals surface area contributed by atoms with Gasteiger partial charge in [0.15, 0.2) is 0 Å². The van der Waals surface area contributed by atoms with Gasteiger partial charge in [-0.25, -0.2) is 4.39 Å². The van der Waals surface area contributed by atoms with Gasteiger partial charge >= 0.3 is 0 Å². The van der Waals surface area contributed by atoms with E-state index in [0.717, 1.165) is 24.6 Å². The average Bonchev–Trinajstić information content (AvgIpc) is 2.67. The number of rotatable bonds is 3. The second-order valence-corrected chi connectivity index (χ2v) is 6.22. The topological polar surface area (TPSA) is 6.48 Å². The van der Waals surface area contributed by atoms with Crippen molar-refractivity contribution in [3.05, 3.63) is 35.6 Å². The molecule has 0 amide bonds. The molecule has 1 atom stereocenters. The van der Waals surface area contributed by atoms with E-state index in [-0.39, 0.29) is 5.82 Å². The van der Waals surface area contributed by atoms with Crippen molar-refractivity contribution < 1.29 is 4.39 Å². The maximum Gasteiger partial charge on any atom is 0.123 e. The standard InChI is InChI=1S/C17H25FN2/c18-16-6-3-5-15(13-16)8-12-19-9-4-11-20-10-2-1-7-17(20)14-19/h3,5-6,13,17H,1-2,4,7-12,14H2. The van der Waals surface area contributed by atoms with Crippen molar-refractivity contribution in [3.63, 3.8) is 0 Å². The van der Waals surface area contributed by atoms with Crippen LogP contribution in [0.15, 0.2) is 24.3 Å². The van der Waals surface area contributed by atoms with Gasteiger partial charge in [-0.3, -0.25) is 4.90 Å². The van der Waals surface area contributed by atoms with Crippen molar-refractivity contribution in [1.29, 1.82) is 0 Å². The smallest absolute Gasteiger partial charge is 0.123 e. The van der Waals surface area contributed by atoms with Crippen molar-refractivity contribution in [2.45, 2.75) is 38.1 Å². The van der Waals surface area contributed by atoms with Crippen LogP contribution in [0, 0.1) is 5.82 Å². The van der Waals surface area contributed by atoms with Crippen LogP contribution in [0.2, 0.25) is 0 Å². The predicted octanol–water partition coefficient (Wildman–Crippen LogP) is 2.93. The van der Waals surface area contributed by atoms with Crippen molar-refractivity contribution in [2.75, 3.05) is 32.7 Å². The highest BCUT2D eigenvalue weighted by Gasteiger charge is 2.26. The highest BCUT2D eigenvalue weighted by atomic mass is 19.1. The van der Waals surface area contributed by atoms with Gasteiger partial charge in [0.1, 0.15) is 5.82 Å². The molecule has 2 fully saturated rings. The monoisotopic (exact) mass is 276 g/mol. The van der Waals surface area contributed by atoms with Crippen molar-refractivity contribution >= 4 is 0 Å². The lowest BCUT2D eigenvalue weighted by Gasteiger charge is -2.35. The van der Waals surface area contributed by atoms with Crippen LogP contribution in [0.3, 0.4) is 0 Å². The molecule has 3 rings (SSSR count). The molecule has 0 aromatic heterocycles. The highest BCUT2D eigenvalue weighted by molar-refractivity contribution is 5.16. The summed E-state index contributed by atoms with van der Waals surface area (Å²) >= 11 is 0. The Morgan fingerprint density at radius 3 is 2.90 bits per heavy atom. The quantitative estimate of drug-likeness (QED) is 0.837. The van der Waals surface area contributed by atoms with Gasteiger partial charge in [0, 0.05) is 19.1 Å². The third-order valence-electron chi connectivity index (χ3n) is 4.74. The van der Waals surface area contributed by atoms with Crippen LogP contribution in [0.1, 0.15) is 31.2 Å². The molecule has 1 aromatic rings. The fourth-order valence-corrected chi connectivity index (χ4v) is 3.63. The number of benzene rings is 1. The first-order valence-electron chi connectivity index (χ1n) is 8.02. The van der Waals surface area contributed by atoms with E-state index in [9.17, 15) is 4.39 Å². The van der Waals surface area contributed by atoms with Gasteiger partial charge in [-0.05, 0) is 63.0 Å². The van der Waals surface area contributed by atoms with Crippen molar-refractivity contribution in [2.24, 2.45) is 0 Å². The summed E-state index contributed by atoms with van der Waals surface area (Å²) in [5, 5.41) is 0. The third-order valence-corrected chi connectivity index (χ3v) is 4.74. The summed E-state index contributed by atoms with van der Waals surface area (Å²) in [6.07, 6.45) is 6.36. The summed E-state index contributed by atoms with van der Waals surface area (Å²) in [5.41, 5.74) is 1.12. The zero-order valence-electron chi connectivity index (χ0n) is 12.2. The highest BCUT2D eigenvalue weighted by Crippen LogP contribution is 2.21. The van der Waals surface area contributed by atoms with Gasteiger partial charge in [0.25, 0.3) is 0 Å². The van der Waals surface area contributed by atoms with Gasteiger partial charge in [0.05, 0.1) is 0 Å². The zero-order valence-corrected chi connectivity index (χ0v) is 12.2. The van der Waals surface area contributed by atoms with Gasteiger partial charge < -0.3 is 4.90 Å². The van der Waals surface area contributed by atoms with E-state index in [1.165, 1.54) is 57.9 Å². The maximum atomic E-state index is 13.2. The van der Waals surface area contributed by atoms with Gasteiger partial charge in [-0.15, -0.1) is 0 Å². The minimum Gasteiger partial charge on any atom is -0.301 e. The van der Waals surface area contributed by atoms with Crippen LogP contribution < -0.4 is 0 Å². The lowest BCUT2D eigenvalue weighted by molar-refractivity contribution is 0.137. The number of hydrogen-bond acceptors (Lipinski definition) is 2. The summed E-state index contributed by atoms with van der Waals surface area (Å²) in [5.74, 6) is -0.114. The Balaban J connectivity index is 1.54. The lowest BCUT2D eigenvalue weighted by Crippen LogP contribution is -2.44. The summed E-state index contributed by atoms with van der Waals surface area (Å²) in [4.78, 5) is 5.27. The van der Waals surface area contributed by atoms with E-state index in [1.807, 2.05) is 12.1 Å². The Morgan fingerprint density at radius 1 is 1.10 bits per heavy atom. The minimum absolute atomic E-state index is 0.114. The molecule has 2 heterocycles. The number of fused-ring (bicyclic) bond motifs is 1. The molecule has 2 saturated heterocycles. The zero-order chi connectivity index (χ0) is 13.8. The molecule has 0 bridgehead atoms. The lowest BCUT2D eigenvalue weighted by atomic mass is 10.0. The van der Waals surface area contributed by atoms with Crippen LogP contribution in [0.5, 0.6) is 0 Å². The molecular formula is C17H25FN2. The molecule has 110 valence electrons. The number of halogens is 1. The van der Waals surface area contributed by atoms with E-state index < -0.39 is 0 Å². The van der Waals surface area contributed by atoms with Crippen LogP contribution in [-0.4, -0.2) is 48.6 Å². The molecular weight excluding hydrogens is 251 g/mol. The first-order chi connectivity index (χ1) is 9.81. The van der Waals surface area contributed by atoms with Gasteiger partial charge in [0.2, 0.25) is 0 Å². The normalized spacial score (nSPS) is 25.1. The van der Waals surface area contributed by atoms with Gasteiger partial charge in [-0.2, -0.15) is 0 Å². The molecule has 0 radical (unpaired) electrons. The largest absolute Gasteiger partial charge is 0.301 e. The molecule has 1 unspecified atom stereocenters. The van der Waals surface area contributed by atoms with Crippen LogP contribution in [-0.2, 0) is 6.42 Å². The van der Waals surface area contributed by atoms with Crippen LogP contribution in [0.4, 0.5) is 4.39 Å². The Bertz CT molecular complexity index is 435. The summed E-state index contributed by atoms with van der Waals surface area (Å²) in [6.45, 7) is 6.02. The predicted molar refractivity (Wildman–Crippen MR) is 80.4 cm³/mol. The van der Waals surface area contributed by atoms with E-state index in [0.29, 0.717) is 0 Å². The van der Waals surface area contributed by atoms with E-state index >= 15 is 0 Å². The number of hydrogen-bond donors (Lipinski definition) is 0. The number of nitrogens with zero attached hydrogens (tertiary/aromatic N) is 2. The maximum absolute atomic E-state index is 13.2. The summed E-state index contributed by atoms with van der Waals surface area (Å²) in [7, 11) is 0. The fourth-order valence-electron chi connectivity index (χ4n) is 3.63. The van der Waals surface area contributed by atoms with Crippen LogP contribution in [0.25, 0.3) is 0 Å². The van der Waals surface area contributed by atoms with E-state index in [1.54, 1.807) is 6.07 Å². The second kappa shape index (κ2) is 6.68. The Kier molecular flexibility index (Phi) is 4.69. The molecule has 0 saturated carbocycles. The van der Waals surface area contributed by atoms with Crippen molar-refractivity contribution in [1.82, 2.24) is 9.80 Å². The van der Waals surface area contributed by atoms with E-state index in [4.69, 9.17) is 0 Å². The molecule has 0 N–H and O–H groups in total. The van der Waals surface area contributed by atoms with Crippen molar-refractivity contribution in [3.8, 4) is 0 Å². The van der Waals surface area contributed by atoms with Gasteiger partial charge in [-0.1, -0.05) is 18.6 Å². The Hall–Kier alpha value is -0.930. The molecule has 2 nitrogen and oxygen atoms in total. The Morgan fingerprint density at radius 2 is 2.00 bits per heavy atom. The Labute approximate surface area is 121 Å². The molecule has 2 aliphatic rings. The molecule has 2 aliphatic heterocycles. The molecule has 0 aliphatic carbocycles. The first-order valence-corrected chi connectivity index (χ1v) is 8.02. The first kappa shape index (κ1) is 14.0. The molecule has 1 aromatic carbocycles. The average molecular weight is 276 g/mol. The SMILES string of the molecule is Fc1cccc(CCN2CCCN3CCCCC3C2)c1. The summed E-state index contributed by atoms with van der Waals surface area (Å²) in [6, 6.07) is 7.81.